The van der Waals surface area contributed by atoms with Crippen LogP contribution in [0, 0.1) is 17.7 Å². The van der Waals surface area contributed by atoms with Crippen LogP contribution < -0.4 is 9.47 Å². The Balaban J connectivity index is 0.000000180. The van der Waals surface area contributed by atoms with Crippen LogP contribution in [0.1, 0.15) is 83.6 Å². The number of ether oxygens (including phenoxy) is 2. The van der Waals surface area contributed by atoms with Crippen molar-refractivity contribution in [3.05, 3.63) is 131 Å². The molecule has 0 radical (unpaired) electrons. The summed E-state index contributed by atoms with van der Waals surface area (Å²) in [5.74, 6) is 1.28. The van der Waals surface area contributed by atoms with Crippen molar-refractivity contribution in [2.75, 3.05) is 27.3 Å². The number of nitrogens with zero attached hydrogens (tertiary/aromatic N) is 2. The first-order chi connectivity index (χ1) is 28.6. The minimum Gasteiger partial charge on any atom is -0.493 e. The van der Waals surface area contributed by atoms with Crippen molar-refractivity contribution in [3.63, 3.8) is 0 Å². The third kappa shape index (κ3) is 10.4. The van der Waals surface area contributed by atoms with Gasteiger partial charge in [0.1, 0.15) is 5.82 Å². The largest absolute Gasteiger partial charge is 0.493 e. The molecule has 2 heterocycles. The van der Waals surface area contributed by atoms with Gasteiger partial charge in [0.15, 0.2) is 17.3 Å². The highest BCUT2D eigenvalue weighted by Crippen LogP contribution is 2.45. The van der Waals surface area contributed by atoms with E-state index in [4.69, 9.17) is 19.6 Å². The van der Waals surface area contributed by atoms with E-state index < -0.39 is 24.6 Å². The van der Waals surface area contributed by atoms with Crippen molar-refractivity contribution in [1.29, 1.82) is 0 Å². The molecular weight excluding hydrogens is 748 g/mol. The Kier molecular flexibility index (Phi) is 13.5. The molecule has 5 aromatic rings. The van der Waals surface area contributed by atoms with E-state index in [2.05, 4.69) is 35.2 Å². The van der Waals surface area contributed by atoms with Gasteiger partial charge < -0.3 is 24.8 Å². The number of Topliss-reactive ketones (excluding diaryl/α,β-unsaturated/α-hetero) is 1. The molecule has 0 bridgehead atoms. The Bertz CT molecular complexity index is 2270. The highest BCUT2D eigenvalue weighted by molar-refractivity contribution is 6.03. The number of methoxy groups -OCH3 is 2. The third-order valence-corrected chi connectivity index (χ3v) is 11.8. The van der Waals surface area contributed by atoms with E-state index in [0.29, 0.717) is 23.3 Å². The number of halogens is 1. The summed E-state index contributed by atoms with van der Waals surface area (Å²) in [6.07, 6.45) is 6.99. The van der Waals surface area contributed by atoms with Gasteiger partial charge in [-0.05, 0) is 105 Å². The van der Waals surface area contributed by atoms with Gasteiger partial charge in [0.25, 0.3) is 0 Å². The van der Waals surface area contributed by atoms with Gasteiger partial charge in [-0.2, -0.15) is 0 Å². The number of pyridine rings is 1. The maximum Gasteiger partial charge on any atom is 0.305 e. The number of carboxylic acids is 1. The van der Waals surface area contributed by atoms with Crippen LogP contribution in [0.15, 0.2) is 97.1 Å². The number of benzene rings is 4. The summed E-state index contributed by atoms with van der Waals surface area (Å²) in [7, 11) is 3.26. The quantitative estimate of drug-likeness (QED) is 0.101. The van der Waals surface area contributed by atoms with Crippen molar-refractivity contribution in [2.24, 2.45) is 11.8 Å². The number of fused-ring (bicyclic) bond motifs is 2. The number of hydrogen-bond donors (Lipinski definition) is 3. The summed E-state index contributed by atoms with van der Waals surface area (Å²) < 4.78 is 24.3. The minimum absolute atomic E-state index is 0.0749. The Morgan fingerprint density at radius 2 is 1.59 bits per heavy atom. The lowest BCUT2D eigenvalue weighted by atomic mass is 9.85. The second kappa shape index (κ2) is 19.1. The third-order valence-electron chi connectivity index (χ3n) is 11.8. The molecule has 3 atom stereocenters. The molecule has 3 aliphatic rings. The molecule has 1 aromatic heterocycles. The number of aliphatic hydroxyl groups excluding tert-OH is 2. The molecule has 0 amide bonds. The standard InChI is InChI=1S/C25H24FNO4.C24H29NO3/c26-17-9-7-15(8-10-17)24-20-3-1-2-4-22(20)27-25(16-5-6-16)21(24)12-11-18(28)13-19(29)14-23(30)31;1-27-22-14-19-13-20(24(26)21(19)15-23(22)28-2)12-17-8-10-25(11-9-17)16-18-6-4-3-5-7-18/h1-4,7-12,16,18-19,28-29H,5-6,13-14H2,(H,30,31);3-7,14-15,17,20H,8-13,16H2,1-2H3/b12-11+;/t18-,19-;/m1./s1. The molecule has 1 saturated carbocycles. The van der Waals surface area contributed by atoms with Gasteiger partial charge in [-0.25, -0.2) is 4.39 Å². The first-order valence-electron chi connectivity index (χ1n) is 20.6. The smallest absolute Gasteiger partial charge is 0.305 e. The van der Waals surface area contributed by atoms with Gasteiger partial charge >= 0.3 is 5.97 Å². The summed E-state index contributed by atoms with van der Waals surface area (Å²) in [5.41, 5.74) is 7.73. The van der Waals surface area contributed by atoms with Crippen LogP contribution in [-0.2, 0) is 17.8 Å². The molecule has 1 unspecified atom stereocenters. The van der Waals surface area contributed by atoms with Crippen molar-refractivity contribution in [3.8, 4) is 22.6 Å². The molecule has 0 spiro atoms. The Labute approximate surface area is 345 Å². The number of ketones is 1. The number of para-hydroxylation sites is 1. The summed E-state index contributed by atoms with van der Waals surface area (Å²) in [4.78, 5) is 31.1. The number of carbonyl (C=O) groups excluding carboxylic acids is 1. The van der Waals surface area contributed by atoms with Crippen molar-refractivity contribution in [2.45, 2.75) is 76.0 Å². The molecule has 308 valence electrons. The number of rotatable bonds is 14. The van der Waals surface area contributed by atoms with Gasteiger partial charge in [0.05, 0.1) is 44.1 Å². The predicted octanol–water partition coefficient (Wildman–Crippen LogP) is 8.88. The molecular formula is C49H53FN2O7. The van der Waals surface area contributed by atoms with Crippen LogP contribution >= 0.6 is 0 Å². The Morgan fingerprint density at radius 1 is 0.915 bits per heavy atom. The van der Waals surface area contributed by atoms with Gasteiger partial charge in [-0.1, -0.05) is 72.8 Å². The fraction of sp³-hybridized carbons (Fsp3) is 0.367. The van der Waals surface area contributed by atoms with E-state index in [-0.39, 0.29) is 23.9 Å². The van der Waals surface area contributed by atoms with E-state index >= 15 is 0 Å². The van der Waals surface area contributed by atoms with Crippen molar-refractivity contribution < 1.29 is 38.8 Å². The molecule has 3 N–H and O–H groups in total. The molecule has 10 heteroatoms. The van der Waals surface area contributed by atoms with Crippen LogP contribution in [0.4, 0.5) is 4.39 Å². The van der Waals surface area contributed by atoms with Crippen molar-refractivity contribution in [1.82, 2.24) is 9.88 Å². The summed E-state index contributed by atoms with van der Waals surface area (Å²) in [6, 6.07) is 28.6. The summed E-state index contributed by atoms with van der Waals surface area (Å²) >= 11 is 0. The zero-order valence-electron chi connectivity index (χ0n) is 33.7. The lowest BCUT2D eigenvalue weighted by molar-refractivity contribution is -0.139. The molecule has 4 aromatic carbocycles. The van der Waals surface area contributed by atoms with Crippen LogP contribution in [-0.4, -0.2) is 76.5 Å². The van der Waals surface area contributed by atoms with E-state index in [0.717, 1.165) is 89.7 Å². The Hall–Kier alpha value is -5.42. The zero-order valence-corrected chi connectivity index (χ0v) is 33.7. The molecule has 59 heavy (non-hydrogen) atoms. The fourth-order valence-electron chi connectivity index (χ4n) is 8.57. The van der Waals surface area contributed by atoms with Crippen LogP contribution in [0.2, 0.25) is 0 Å². The topological polar surface area (TPSA) is 129 Å². The average molecular weight is 801 g/mol. The zero-order chi connectivity index (χ0) is 41.5. The van der Waals surface area contributed by atoms with E-state index in [1.807, 2.05) is 36.4 Å². The average Bonchev–Trinajstić information content (AvgIpc) is 4.04. The second-order valence-corrected chi connectivity index (χ2v) is 16.1. The number of piperidine rings is 1. The fourth-order valence-corrected chi connectivity index (χ4v) is 8.57. The van der Waals surface area contributed by atoms with E-state index in [1.165, 1.54) is 30.5 Å². The SMILES string of the molecule is COc1cc2c(cc1OC)C(=O)C(CC1CCN(Cc3ccccc3)CC1)C2.O=C(O)C[C@H](O)C[C@H](O)/C=C/c1c(C2CC2)nc2ccccc2c1-c1ccc(F)cc1. The van der Waals surface area contributed by atoms with Crippen molar-refractivity contribution >= 4 is 28.7 Å². The van der Waals surface area contributed by atoms with Gasteiger partial charge in [-0.15, -0.1) is 0 Å². The molecule has 9 nitrogen and oxygen atoms in total. The van der Waals surface area contributed by atoms with Crippen LogP contribution in [0.3, 0.4) is 0 Å². The summed E-state index contributed by atoms with van der Waals surface area (Å²) in [5, 5.41) is 29.9. The van der Waals surface area contributed by atoms with Gasteiger partial charge in [0.2, 0.25) is 0 Å². The summed E-state index contributed by atoms with van der Waals surface area (Å²) in [6.45, 7) is 3.27. The lowest BCUT2D eigenvalue weighted by Gasteiger charge is -2.32. The van der Waals surface area contributed by atoms with Gasteiger partial charge in [-0.3, -0.25) is 19.5 Å². The maximum atomic E-state index is 13.6. The number of aromatic nitrogens is 1. The predicted molar refractivity (Wildman–Crippen MR) is 227 cm³/mol. The molecule has 8 rings (SSSR count). The van der Waals surface area contributed by atoms with Crippen LogP contribution in [0.5, 0.6) is 11.5 Å². The second-order valence-electron chi connectivity index (χ2n) is 16.1. The van der Waals surface area contributed by atoms with Gasteiger partial charge in [0, 0.05) is 46.9 Å². The normalized spacial score (nSPS) is 18.0. The number of aliphatic hydroxyl groups is 2. The number of carbonyl (C=O) groups is 2. The minimum atomic E-state index is -1.13. The monoisotopic (exact) mass is 800 g/mol. The maximum absolute atomic E-state index is 13.6. The molecule has 1 aliphatic heterocycles. The lowest BCUT2D eigenvalue weighted by Crippen LogP contribution is -2.34. The van der Waals surface area contributed by atoms with E-state index in [1.54, 1.807) is 38.5 Å². The number of likely N-dealkylation sites (tertiary alicyclic amines) is 1. The number of carboxylic acid groups (broad SMARTS) is 1. The molecule has 2 aliphatic carbocycles. The molecule has 2 fully saturated rings. The highest BCUT2D eigenvalue weighted by atomic mass is 19.1. The van der Waals surface area contributed by atoms with Crippen LogP contribution in [0.25, 0.3) is 28.1 Å². The number of aliphatic carboxylic acids is 1. The molecule has 1 saturated heterocycles. The Morgan fingerprint density at radius 3 is 2.27 bits per heavy atom. The van der Waals surface area contributed by atoms with E-state index in [9.17, 15) is 24.2 Å². The highest BCUT2D eigenvalue weighted by Gasteiger charge is 2.35. The first kappa shape index (κ1) is 41.7. The first-order valence-corrected chi connectivity index (χ1v) is 20.6. The number of hydrogen-bond acceptors (Lipinski definition) is 8.